The van der Waals surface area contributed by atoms with E-state index in [1.54, 1.807) is 29.3 Å². The molecule has 2 aliphatic rings. The lowest BCUT2D eigenvalue weighted by molar-refractivity contribution is -0.134. The molecule has 2 N–H and O–H groups in total. The Hall–Kier alpha value is -3.09. The number of carboxylic acids is 1. The predicted octanol–water partition coefficient (Wildman–Crippen LogP) is 3.74. The van der Waals surface area contributed by atoms with Gasteiger partial charge in [-0.3, -0.25) is 0 Å². The van der Waals surface area contributed by atoms with Crippen LogP contribution in [0.5, 0.6) is 5.75 Å². The summed E-state index contributed by atoms with van der Waals surface area (Å²) < 4.78 is 29.0. The van der Waals surface area contributed by atoms with Crippen molar-refractivity contribution in [2.45, 2.75) is 26.0 Å². The van der Waals surface area contributed by atoms with Crippen molar-refractivity contribution in [2.24, 2.45) is 0 Å². The fourth-order valence-corrected chi connectivity index (χ4v) is 2.81. The largest absolute Gasteiger partial charge is 0.476 e. The van der Waals surface area contributed by atoms with Crippen LogP contribution in [-0.2, 0) is 11.3 Å². The van der Waals surface area contributed by atoms with E-state index in [2.05, 4.69) is 10.1 Å². The molecule has 0 saturated carbocycles. The Morgan fingerprint density at radius 3 is 2.92 bits per heavy atom. The molecule has 0 unspecified atom stereocenters. The monoisotopic (exact) mass is 360 g/mol. The molecule has 0 bridgehead atoms. The maximum Gasteiger partial charge on any atom is 0.387 e. The lowest BCUT2D eigenvalue weighted by atomic mass is 10.1. The highest BCUT2D eigenvalue weighted by Crippen LogP contribution is 2.27. The molecular formula is C19H18F2N2O3. The lowest BCUT2D eigenvalue weighted by Gasteiger charge is -2.27. The van der Waals surface area contributed by atoms with E-state index in [1.807, 2.05) is 18.2 Å². The molecule has 0 atom stereocenters. The first-order chi connectivity index (χ1) is 12.5. The van der Waals surface area contributed by atoms with Gasteiger partial charge in [-0.05, 0) is 42.7 Å². The first-order valence-electron chi connectivity index (χ1n) is 8.14. The second-order valence-electron chi connectivity index (χ2n) is 5.74. The molecule has 0 fully saturated rings. The maximum absolute atomic E-state index is 12.3. The molecule has 2 heterocycles. The summed E-state index contributed by atoms with van der Waals surface area (Å²) in [5, 5.41) is 12.7. The summed E-state index contributed by atoms with van der Waals surface area (Å²) >= 11 is 0. The number of aliphatic carboxylic acids is 1. The van der Waals surface area contributed by atoms with E-state index >= 15 is 0 Å². The zero-order chi connectivity index (χ0) is 18.5. The minimum absolute atomic E-state index is 0.0617. The van der Waals surface area contributed by atoms with Crippen molar-refractivity contribution in [2.75, 3.05) is 0 Å². The Morgan fingerprint density at radius 2 is 2.15 bits per heavy atom. The normalized spacial score (nSPS) is 16.3. The number of carboxylic acid groups (broad SMARTS) is 1. The fourth-order valence-electron chi connectivity index (χ4n) is 2.81. The van der Waals surface area contributed by atoms with Crippen LogP contribution < -0.4 is 10.1 Å². The highest BCUT2D eigenvalue weighted by atomic mass is 19.3. The van der Waals surface area contributed by atoms with Crippen LogP contribution in [0.15, 0.2) is 71.9 Å². The predicted molar refractivity (Wildman–Crippen MR) is 92.0 cm³/mol. The van der Waals surface area contributed by atoms with Crippen LogP contribution in [0.2, 0.25) is 0 Å². The van der Waals surface area contributed by atoms with Gasteiger partial charge in [-0.15, -0.1) is 0 Å². The zero-order valence-corrected chi connectivity index (χ0v) is 13.9. The van der Waals surface area contributed by atoms with Gasteiger partial charge in [0.15, 0.2) is 5.70 Å². The molecule has 7 heteroatoms. The Balaban J connectivity index is 1.80. The van der Waals surface area contributed by atoms with Gasteiger partial charge in [-0.2, -0.15) is 8.78 Å². The third-order valence-corrected chi connectivity index (χ3v) is 3.95. The van der Waals surface area contributed by atoms with E-state index in [1.165, 1.54) is 12.1 Å². The second-order valence-corrected chi connectivity index (χ2v) is 5.74. The number of allylic oxidation sites excluding steroid dienone is 4. The summed E-state index contributed by atoms with van der Waals surface area (Å²) in [7, 11) is 0. The van der Waals surface area contributed by atoms with Crippen molar-refractivity contribution >= 4 is 5.97 Å². The van der Waals surface area contributed by atoms with Crippen LogP contribution in [0.4, 0.5) is 8.78 Å². The lowest BCUT2D eigenvalue weighted by Crippen LogP contribution is -2.29. The van der Waals surface area contributed by atoms with E-state index in [0.29, 0.717) is 11.3 Å². The number of hydrogen-bond donors (Lipinski definition) is 2. The first kappa shape index (κ1) is 17.7. The molecule has 1 aromatic carbocycles. The van der Waals surface area contributed by atoms with Gasteiger partial charge in [0.1, 0.15) is 5.75 Å². The Bertz CT molecular complexity index is 813. The molecule has 0 saturated heterocycles. The molecule has 136 valence electrons. The van der Waals surface area contributed by atoms with Gasteiger partial charge in [0.25, 0.3) is 0 Å². The number of nitrogens with zero attached hydrogens (tertiary/aromatic N) is 1. The van der Waals surface area contributed by atoms with Gasteiger partial charge < -0.3 is 20.1 Å². The molecule has 1 aromatic rings. The summed E-state index contributed by atoms with van der Waals surface area (Å²) in [5.41, 5.74) is 2.08. The molecular weight excluding hydrogens is 342 g/mol. The van der Waals surface area contributed by atoms with Crippen molar-refractivity contribution in [3.05, 3.63) is 77.4 Å². The van der Waals surface area contributed by atoms with Crippen molar-refractivity contribution < 1.29 is 23.4 Å². The molecule has 0 aromatic heterocycles. The standard InChI is InChI=1S/C19H18F2N2O3/c20-19(21)26-15-7-4-5-13(11-15)12-22-16-9-8-14-6-2-1-3-10-23(14)17(16)18(24)25/h3-11,19,22H,1-2,12H2,(H,24,25). The molecule has 0 aliphatic carbocycles. The van der Waals surface area contributed by atoms with Gasteiger partial charge in [0.05, 0.1) is 5.70 Å². The number of fused-ring (bicyclic) bond motifs is 1. The topological polar surface area (TPSA) is 61.8 Å². The van der Waals surface area contributed by atoms with Crippen LogP contribution >= 0.6 is 0 Å². The SMILES string of the molecule is O=C(O)C1=C(NCc2cccc(OC(F)F)c2)C=CC2=CCCC=CN21. The number of carbonyl (C=O) groups is 1. The number of rotatable bonds is 6. The summed E-state index contributed by atoms with van der Waals surface area (Å²) in [5.74, 6) is -0.990. The Kier molecular flexibility index (Phi) is 5.36. The minimum Gasteiger partial charge on any atom is -0.476 e. The summed E-state index contributed by atoms with van der Waals surface area (Å²) in [6.07, 6.45) is 10.9. The van der Waals surface area contributed by atoms with E-state index < -0.39 is 12.6 Å². The first-order valence-corrected chi connectivity index (χ1v) is 8.14. The van der Waals surface area contributed by atoms with Crippen LogP contribution in [0.3, 0.4) is 0 Å². The summed E-state index contributed by atoms with van der Waals surface area (Å²) in [6.45, 7) is -2.62. The number of benzene rings is 1. The Morgan fingerprint density at radius 1 is 1.31 bits per heavy atom. The minimum atomic E-state index is -2.89. The number of halogens is 2. The summed E-state index contributed by atoms with van der Waals surface area (Å²) in [6, 6.07) is 6.29. The van der Waals surface area contributed by atoms with Gasteiger partial charge >= 0.3 is 12.6 Å². The molecule has 5 nitrogen and oxygen atoms in total. The highest BCUT2D eigenvalue weighted by Gasteiger charge is 2.25. The molecule has 0 radical (unpaired) electrons. The maximum atomic E-state index is 12.3. The average molecular weight is 360 g/mol. The molecule has 2 aliphatic heterocycles. The quantitative estimate of drug-likeness (QED) is 0.809. The van der Waals surface area contributed by atoms with Gasteiger partial charge in [-0.25, -0.2) is 4.79 Å². The molecule has 0 amide bonds. The third-order valence-electron chi connectivity index (χ3n) is 3.95. The van der Waals surface area contributed by atoms with E-state index in [4.69, 9.17) is 0 Å². The van der Waals surface area contributed by atoms with E-state index in [-0.39, 0.29) is 18.0 Å². The van der Waals surface area contributed by atoms with Crippen LogP contribution in [0, 0.1) is 0 Å². The number of ether oxygens (including phenoxy) is 1. The third kappa shape index (κ3) is 4.11. The number of nitrogens with one attached hydrogen (secondary N) is 1. The van der Waals surface area contributed by atoms with Gasteiger partial charge in [-0.1, -0.05) is 24.3 Å². The molecule has 3 rings (SSSR count). The molecule has 0 spiro atoms. The van der Waals surface area contributed by atoms with Crippen LogP contribution in [0.1, 0.15) is 18.4 Å². The highest BCUT2D eigenvalue weighted by molar-refractivity contribution is 5.88. The van der Waals surface area contributed by atoms with Gasteiger partial charge in [0, 0.05) is 18.4 Å². The van der Waals surface area contributed by atoms with Crippen LogP contribution in [-0.4, -0.2) is 22.6 Å². The Labute approximate surface area is 149 Å². The van der Waals surface area contributed by atoms with Crippen molar-refractivity contribution in [1.29, 1.82) is 0 Å². The number of hydrogen-bond acceptors (Lipinski definition) is 4. The number of alkyl halides is 2. The second kappa shape index (κ2) is 7.86. The molecule has 26 heavy (non-hydrogen) atoms. The van der Waals surface area contributed by atoms with Crippen molar-refractivity contribution in [3.8, 4) is 5.75 Å². The van der Waals surface area contributed by atoms with Gasteiger partial charge in [0.2, 0.25) is 0 Å². The average Bonchev–Trinajstić information content (AvgIpc) is 2.84. The van der Waals surface area contributed by atoms with Crippen molar-refractivity contribution in [1.82, 2.24) is 10.2 Å². The van der Waals surface area contributed by atoms with E-state index in [9.17, 15) is 18.7 Å². The van der Waals surface area contributed by atoms with Crippen molar-refractivity contribution in [3.63, 3.8) is 0 Å². The van der Waals surface area contributed by atoms with E-state index in [0.717, 1.165) is 18.5 Å². The fraction of sp³-hybridized carbons (Fsp3) is 0.211. The summed E-state index contributed by atoms with van der Waals surface area (Å²) in [4.78, 5) is 13.4. The smallest absolute Gasteiger partial charge is 0.387 e. The zero-order valence-electron chi connectivity index (χ0n) is 13.9. The van der Waals surface area contributed by atoms with Crippen LogP contribution in [0.25, 0.3) is 0 Å².